The second-order valence-electron chi connectivity index (χ2n) is 5.90. The number of hydrogen-bond donors (Lipinski definition) is 7. The van der Waals surface area contributed by atoms with Gasteiger partial charge >= 0.3 is 29.2 Å². The fourth-order valence-electron chi connectivity index (χ4n) is 2.45. The summed E-state index contributed by atoms with van der Waals surface area (Å²) in [5.41, 5.74) is -2.12. The maximum absolute atomic E-state index is 12.0. The van der Waals surface area contributed by atoms with Crippen molar-refractivity contribution in [1.82, 2.24) is 9.55 Å². The predicted molar refractivity (Wildman–Crippen MR) is 97.2 cm³/mol. The summed E-state index contributed by atoms with van der Waals surface area (Å²) in [6, 6.07) is 0. The predicted octanol–water partition coefficient (Wildman–Crippen LogP) is -1.86. The van der Waals surface area contributed by atoms with Crippen LogP contribution in [0.4, 0.5) is 0 Å². The highest BCUT2D eigenvalue weighted by atomic mass is 31.3. The van der Waals surface area contributed by atoms with E-state index in [-0.39, 0.29) is 5.56 Å². The van der Waals surface area contributed by atoms with E-state index in [1.165, 1.54) is 0 Å². The van der Waals surface area contributed by atoms with Crippen molar-refractivity contribution < 1.29 is 61.4 Å². The minimum absolute atomic E-state index is 0.313. The monoisotopic (exact) mass is 510 g/mol. The maximum Gasteiger partial charge on any atom is 0.490 e. The van der Waals surface area contributed by atoms with Gasteiger partial charge in [0.2, 0.25) is 0 Å². The Labute approximate surface area is 171 Å². The van der Waals surface area contributed by atoms with Gasteiger partial charge in [-0.05, 0) is 0 Å². The molecule has 1 fully saturated rings. The lowest BCUT2D eigenvalue weighted by Gasteiger charge is -2.19. The fraction of sp³-hybridized carbons (Fsp3) is 0.455. The molecule has 31 heavy (non-hydrogen) atoms. The van der Waals surface area contributed by atoms with E-state index in [1.54, 1.807) is 0 Å². The van der Waals surface area contributed by atoms with E-state index in [1.807, 2.05) is 4.98 Å². The van der Waals surface area contributed by atoms with Crippen molar-refractivity contribution in [2.24, 2.45) is 0 Å². The van der Waals surface area contributed by atoms with Gasteiger partial charge in [-0.15, -0.1) is 0 Å². The summed E-state index contributed by atoms with van der Waals surface area (Å²) >= 11 is 0. The molecule has 17 nitrogen and oxygen atoms in total. The minimum atomic E-state index is -5.75. The van der Waals surface area contributed by atoms with Crippen LogP contribution < -0.4 is 11.2 Å². The number of nitrogens with zero attached hydrogens (tertiary/aromatic N) is 1. The molecule has 0 aromatic carbocycles. The molecule has 1 aliphatic rings. The Morgan fingerprint density at radius 2 is 1.71 bits per heavy atom. The Bertz CT molecular complexity index is 1090. The van der Waals surface area contributed by atoms with E-state index in [0.717, 1.165) is 17.0 Å². The van der Waals surface area contributed by atoms with Crippen LogP contribution in [0.5, 0.6) is 0 Å². The van der Waals surface area contributed by atoms with E-state index in [9.17, 15) is 38.4 Å². The molecule has 0 bridgehead atoms. The van der Waals surface area contributed by atoms with Crippen molar-refractivity contribution in [3.8, 4) is 0 Å². The lowest BCUT2D eigenvalue weighted by Crippen LogP contribution is -2.35. The molecule has 0 aliphatic carbocycles. The molecule has 2 unspecified atom stereocenters. The molecule has 6 atom stereocenters. The smallest absolute Gasteiger partial charge is 0.387 e. The third kappa shape index (κ3) is 6.84. The molecule has 2 rings (SSSR count). The zero-order valence-corrected chi connectivity index (χ0v) is 17.7. The van der Waals surface area contributed by atoms with Gasteiger partial charge in [-0.2, -0.15) is 8.62 Å². The molecule has 0 radical (unpaired) electrons. The summed E-state index contributed by atoms with van der Waals surface area (Å²) in [7, 11) is -16.8. The van der Waals surface area contributed by atoms with Gasteiger partial charge in [0, 0.05) is 12.4 Å². The van der Waals surface area contributed by atoms with Crippen LogP contribution in [0.15, 0.2) is 22.4 Å². The normalized spacial score (nSPS) is 28.1. The van der Waals surface area contributed by atoms with Crippen LogP contribution in [-0.4, -0.2) is 64.3 Å². The topological polar surface area (TPSA) is 264 Å². The number of hydrogen-bond acceptors (Lipinski definition) is 11. The van der Waals surface area contributed by atoms with Gasteiger partial charge in [-0.25, -0.2) is 18.5 Å². The molecule has 1 aromatic heterocycles. The van der Waals surface area contributed by atoms with Gasteiger partial charge in [-0.3, -0.25) is 18.9 Å². The number of aromatic amines is 1. The quantitative estimate of drug-likeness (QED) is 0.180. The molecule has 0 spiro atoms. The molecule has 20 heteroatoms. The second-order valence-corrected chi connectivity index (χ2v) is 10.3. The standard InChI is InChI=1S/C11H17N2O15P3/c1-2-13-3-5(10(16)12-11(13)17)9-8(15)7(14)6(26-9)4-25-30(21,22)28-31(23,24)27-29(18,19)20/h2-3,6-9,14-15H,1,4H2,(H,21,22)(H,23,24)(H,12,16,17)(H2,18,19,20)/t6-,7-,8-,9+/m1/s1. The minimum Gasteiger partial charge on any atom is -0.387 e. The third-order valence-corrected chi connectivity index (χ3v) is 7.48. The average molecular weight is 510 g/mol. The zero-order valence-electron chi connectivity index (χ0n) is 15.0. The summed E-state index contributed by atoms with van der Waals surface area (Å²) in [6.07, 6.45) is -4.69. The van der Waals surface area contributed by atoms with Gasteiger partial charge in [0.1, 0.15) is 24.4 Å². The first kappa shape index (κ1) is 26.0. The Morgan fingerprint density at radius 1 is 1.10 bits per heavy atom. The third-order valence-electron chi connectivity index (χ3n) is 3.68. The Balaban J connectivity index is 2.13. The van der Waals surface area contributed by atoms with Crippen molar-refractivity contribution in [3.63, 3.8) is 0 Å². The van der Waals surface area contributed by atoms with E-state index < -0.39 is 65.7 Å². The number of phosphoric acid groups is 3. The van der Waals surface area contributed by atoms with Crippen molar-refractivity contribution in [2.75, 3.05) is 6.61 Å². The molecule has 2 heterocycles. The van der Waals surface area contributed by atoms with Crippen molar-refractivity contribution >= 4 is 29.7 Å². The first-order valence-electron chi connectivity index (χ1n) is 7.83. The molecular formula is C11H17N2O15P3. The summed E-state index contributed by atoms with van der Waals surface area (Å²) in [4.78, 5) is 60.9. The average Bonchev–Trinajstić information content (AvgIpc) is 2.85. The van der Waals surface area contributed by atoms with Gasteiger partial charge in [-0.1, -0.05) is 6.58 Å². The second kappa shape index (κ2) is 9.29. The Kier molecular flexibility index (Phi) is 7.78. The lowest BCUT2D eigenvalue weighted by atomic mass is 10.0. The Morgan fingerprint density at radius 3 is 2.26 bits per heavy atom. The van der Waals surface area contributed by atoms with Crippen LogP contribution in [0, 0.1) is 0 Å². The van der Waals surface area contributed by atoms with Crippen LogP contribution in [0.25, 0.3) is 6.20 Å². The number of aromatic nitrogens is 2. The largest absolute Gasteiger partial charge is 0.490 e. The van der Waals surface area contributed by atoms with Crippen molar-refractivity contribution in [3.05, 3.63) is 39.2 Å². The van der Waals surface area contributed by atoms with Gasteiger partial charge in [0.25, 0.3) is 5.56 Å². The maximum atomic E-state index is 12.0. The van der Waals surface area contributed by atoms with E-state index in [2.05, 4.69) is 19.7 Å². The van der Waals surface area contributed by atoms with E-state index in [4.69, 9.17) is 19.4 Å². The number of ether oxygens (including phenoxy) is 1. The number of H-pyrrole nitrogens is 1. The molecule has 7 N–H and O–H groups in total. The number of aliphatic hydroxyl groups excluding tert-OH is 2. The number of phosphoric ester groups is 1. The molecule has 1 aromatic rings. The molecular weight excluding hydrogens is 493 g/mol. The fourth-order valence-corrected chi connectivity index (χ4v) is 5.48. The van der Waals surface area contributed by atoms with Gasteiger partial charge in [0.05, 0.1) is 12.2 Å². The highest BCUT2D eigenvalue weighted by molar-refractivity contribution is 7.66. The first-order valence-corrected chi connectivity index (χ1v) is 12.4. The van der Waals surface area contributed by atoms with Crippen LogP contribution in [-0.2, 0) is 31.6 Å². The Hall–Kier alpha value is -1.29. The van der Waals surface area contributed by atoms with Gasteiger partial charge in [0.15, 0.2) is 0 Å². The zero-order chi connectivity index (χ0) is 23.8. The highest BCUT2D eigenvalue weighted by Gasteiger charge is 2.47. The number of nitrogens with one attached hydrogen (secondary N) is 1. The summed E-state index contributed by atoms with van der Waals surface area (Å²) < 4.78 is 51.0. The van der Waals surface area contributed by atoms with E-state index in [0.29, 0.717) is 0 Å². The van der Waals surface area contributed by atoms with E-state index >= 15 is 0 Å². The van der Waals surface area contributed by atoms with Gasteiger partial charge < -0.3 is 34.5 Å². The van der Waals surface area contributed by atoms with Crippen LogP contribution >= 0.6 is 23.5 Å². The van der Waals surface area contributed by atoms with Crippen LogP contribution in [0.2, 0.25) is 0 Å². The number of rotatable bonds is 9. The summed E-state index contributed by atoms with van der Waals surface area (Å²) in [6.45, 7) is 2.28. The summed E-state index contributed by atoms with van der Waals surface area (Å²) in [5.74, 6) is 0. The van der Waals surface area contributed by atoms with Crippen LogP contribution in [0.1, 0.15) is 11.7 Å². The molecule has 176 valence electrons. The number of aliphatic hydroxyl groups is 2. The molecule has 0 amide bonds. The lowest BCUT2D eigenvalue weighted by molar-refractivity contribution is -0.0227. The van der Waals surface area contributed by atoms with Crippen molar-refractivity contribution in [1.29, 1.82) is 0 Å². The molecule has 1 saturated heterocycles. The van der Waals surface area contributed by atoms with Crippen LogP contribution in [0.3, 0.4) is 0 Å². The molecule has 1 aliphatic heterocycles. The molecule has 0 saturated carbocycles. The van der Waals surface area contributed by atoms with Crippen molar-refractivity contribution in [2.45, 2.75) is 24.4 Å². The first-order chi connectivity index (χ1) is 14.1. The SMILES string of the molecule is C=Cn1cc([C@@H]2O[C@H](COP(=O)(O)OP(=O)(O)OP(=O)(O)O)[C@@H](O)[C@H]2O)c(=O)[nH]c1=O. The summed E-state index contributed by atoms with van der Waals surface area (Å²) in [5, 5.41) is 20.2. The highest BCUT2D eigenvalue weighted by Crippen LogP contribution is 2.66.